The number of carbonyl (C=O) groups is 2. The highest BCUT2D eigenvalue weighted by atomic mass is 35.5. The molecule has 1 atom stereocenters. The summed E-state index contributed by atoms with van der Waals surface area (Å²) in [7, 11) is 1.92. The number of carbonyl (C=O) groups excluding carboxylic acids is 2. The first-order valence-electron chi connectivity index (χ1n) is 10.0. The predicted octanol–water partition coefficient (Wildman–Crippen LogP) is 2.06. The molecule has 1 saturated heterocycles. The van der Waals surface area contributed by atoms with Gasteiger partial charge in [0.1, 0.15) is 11.7 Å². The predicted molar refractivity (Wildman–Crippen MR) is 113 cm³/mol. The lowest BCUT2D eigenvalue weighted by molar-refractivity contribution is -0.127. The fraction of sp³-hybridized carbons (Fsp3) is 0.476. The summed E-state index contributed by atoms with van der Waals surface area (Å²) in [6.45, 7) is 4.91. The van der Waals surface area contributed by atoms with Crippen LogP contribution in [0.25, 0.3) is 0 Å². The molecule has 8 heteroatoms. The third-order valence-electron chi connectivity index (χ3n) is 5.28. The van der Waals surface area contributed by atoms with Gasteiger partial charge in [-0.25, -0.2) is 0 Å². The summed E-state index contributed by atoms with van der Waals surface area (Å²) in [5.41, 5.74) is 1.63. The lowest BCUT2D eigenvalue weighted by Gasteiger charge is -2.38. The molecule has 0 radical (unpaired) electrons. The van der Waals surface area contributed by atoms with Crippen LogP contribution in [0, 0.1) is 0 Å². The number of nitrogens with zero attached hydrogens (tertiary/aromatic N) is 4. The van der Waals surface area contributed by atoms with Crippen LogP contribution in [0.5, 0.6) is 0 Å². The Kier molecular flexibility index (Phi) is 7.28. The SMILES string of the molecule is CCn1ccc(C(=O)N2CCN(C)C(C(=O)NCCCc3ccc(Cl)cc3)C2)n1. The van der Waals surface area contributed by atoms with Crippen LogP contribution >= 0.6 is 11.6 Å². The van der Waals surface area contributed by atoms with E-state index in [2.05, 4.69) is 10.4 Å². The zero-order chi connectivity index (χ0) is 20.8. The van der Waals surface area contributed by atoms with Crippen molar-refractivity contribution in [2.45, 2.75) is 32.4 Å². The molecule has 156 valence electrons. The molecule has 1 aliphatic heterocycles. The van der Waals surface area contributed by atoms with E-state index in [4.69, 9.17) is 11.6 Å². The lowest BCUT2D eigenvalue weighted by atomic mass is 10.1. The highest BCUT2D eigenvalue weighted by molar-refractivity contribution is 6.30. The number of nitrogens with one attached hydrogen (secondary N) is 1. The number of aryl methyl sites for hydroxylation is 2. The van der Waals surface area contributed by atoms with E-state index in [-0.39, 0.29) is 17.9 Å². The molecule has 29 heavy (non-hydrogen) atoms. The van der Waals surface area contributed by atoms with Crippen LogP contribution in [-0.2, 0) is 17.8 Å². The third-order valence-corrected chi connectivity index (χ3v) is 5.53. The van der Waals surface area contributed by atoms with Crippen LogP contribution in [-0.4, -0.2) is 70.7 Å². The van der Waals surface area contributed by atoms with Crippen molar-refractivity contribution in [1.29, 1.82) is 0 Å². The van der Waals surface area contributed by atoms with Gasteiger partial charge in [-0.05, 0) is 50.6 Å². The van der Waals surface area contributed by atoms with Crippen molar-refractivity contribution in [2.75, 3.05) is 33.2 Å². The molecule has 2 amide bonds. The number of benzene rings is 1. The van der Waals surface area contributed by atoms with Gasteiger partial charge in [0.25, 0.3) is 5.91 Å². The van der Waals surface area contributed by atoms with Crippen molar-refractivity contribution in [3.05, 3.63) is 52.8 Å². The molecule has 1 aromatic heterocycles. The fourth-order valence-electron chi connectivity index (χ4n) is 3.43. The number of rotatable bonds is 7. The topological polar surface area (TPSA) is 70.5 Å². The van der Waals surface area contributed by atoms with Gasteiger partial charge in [0.15, 0.2) is 0 Å². The Labute approximate surface area is 176 Å². The number of aromatic nitrogens is 2. The summed E-state index contributed by atoms with van der Waals surface area (Å²) in [4.78, 5) is 29.2. The number of likely N-dealkylation sites (N-methyl/N-ethyl adjacent to an activating group) is 1. The molecule has 0 spiro atoms. The second-order valence-corrected chi connectivity index (χ2v) is 7.76. The van der Waals surface area contributed by atoms with Crippen LogP contribution < -0.4 is 5.32 Å². The maximum atomic E-state index is 12.7. The summed E-state index contributed by atoms with van der Waals surface area (Å²) >= 11 is 5.90. The number of hydrogen-bond acceptors (Lipinski definition) is 4. The molecule has 1 N–H and O–H groups in total. The highest BCUT2D eigenvalue weighted by Crippen LogP contribution is 2.13. The maximum Gasteiger partial charge on any atom is 0.274 e. The van der Waals surface area contributed by atoms with Crippen LogP contribution in [0.4, 0.5) is 0 Å². The lowest BCUT2D eigenvalue weighted by Crippen LogP contribution is -2.58. The maximum absolute atomic E-state index is 12.7. The smallest absolute Gasteiger partial charge is 0.274 e. The second kappa shape index (κ2) is 9.89. The number of hydrogen-bond donors (Lipinski definition) is 1. The Morgan fingerprint density at radius 1 is 1.21 bits per heavy atom. The van der Waals surface area contributed by atoms with E-state index in [9.17, 15) is 9.59 Å². The van der Waals surface area contributed by atoms with Crippen molar-refractivity contribution in [3.8, 4) is 0 Å². The second-order valence-electron chi connectivity index (χ2n) is 7.33. The Morgan fingerprint density at radius 3 is 2.66 bits per heavy atom. The Bertz CT molecular complexity index is 836. The quantitative estimate of drug-likeness (QED) is 0.700. The van der Waals surface area contributed by atoms with Crippen LogP contribution in [0.3, 0.4) is 0 Å². The summed E-state index contributed by atoms with van der Waals surface area (Å²) in [5, 5.41) is 8.03. The monoisotopic (exact) mass is 417 g/mol. The molecule has 1 unspecified atom stereocenters. The third kappa shape index (κ3) is 5.58. The van der Waals surface area contributed by atoms with Crippen molar-refractivity contribution >= 4 is 23.4 Å². The number of piperazine rings is 1. The summed E-state index contributed by atoms with van der Waals surface area (Å²) in [5.74, 6) is -0.161. The van der Waals surface area contributed by atoms with Crippen molar-refractivity contribution in [3.63, 3.8) is 0 Å². The molecule has 7 nitrogen and oxygen atoms in total. The molecule has 0 aliphatic carbocycles. The van der Waals surface area contributed by atoms with Crippen LogP contribution in [0.15, 0.2) is 36.5 Å². The van der Waals surface area contributed by atoms with Gasteiger partial charge >= 0.3 is 0 Å². The van der Waals surface area contributed by atoms with E-state index in [1.165, 1.54) is 5.56 Å². The van der Waals surface area contributed by atoms with Gasteiger partial charge in [0.2, 0.25) is 5.91 Å². The van der Waals surface area contributed by atoms with Gasteiger partial charge in [-0.2, -0.15) is 5.10 Å². The van der Waals surface area contributed by atoms with Crippen LogP contribution in [0.1, 0.15) is 29.4 Å². The van der Waals surface area contributed by atoms with E-state index >= 15 is 0 Å². The zero-order valence-corrected chi connectivity index (χ0v) is 17.7. The number of halogens is 1. The first-order chi connectivity index (χ1) is 14.0. The fourth-order valence-corrected chi connectivity index (χ4v) is 3.55. The van der Waals surface area contributed by atoms with E-state index in [0.717, 1.165) is 24.4 Å². The molecule has 2 heterocycles. The van der Waals surface area contributed by atoms with Crippen molar-refractivity contribution < 1.29 is 9.59 Å². The van der Waals surface area contributed by atoms with Crippen molar-refractivity contribution in [1.82, 2.24) is 24.9 Å². The molecular weight excluding hydrogens is 390 g/mol. The average Bonchev–Trinajstić information content (AvgIpc) is 3.21. The number of amides is 2. The largest absolute Gasteiger partial charge is 0.355 e. The van der Waals surface area contributed by atoms with Crippen LogP contribution in [0.2, 0.25) is 5.02 Å². The molecule has 0 saturated carbocycles. The Balaban J connectivity index is 1.49. The minimum absolute atomic E-state index is 0.0415. The van der Waals surface area contributed by atoms with E-state index in [0.29, 0.717) is 31.9 Å². The normalized spacial score (nSPS) is 17.3. The summed E-state index contributed by atoms with van der Waals surface area (Å²) in [6.07, 6.45) is 3.53. The molecule has 1 aromatic carbocycles. The van der Waals surface area contributed by atoms with Gasteiger partial charge in [0, 0.05) is 43.9 Å². The Hall–Kier alpha value is -2.38. The van der Waals surface area contributed by atoms with Gasteiger partial charge < -0.3 is 10.2 Å². The average molecular weight is 418 g/mol. The molecular formula is C21H28ClN5O2. The molecule has 2 aromatic rings. The van der Waals surface area contributed by atoms with Gasteiger partial charge in [-0.15, -0.1) is 0 Å². The molecule has 1 fully saturated rings. The van der Waals surface area contributed by atoms with Gasteiger partial charge in [-0.1, -0.05) is 23.7 Å². The zero-order valence-electron chi connectivity index (χ0n) is 17.0. The highest BCUT2D eigenvalue weighted by Gasteiger charge is 2.33. The van der Waals surface area contributed by atoms with Gasteiger partial charge in [0.05, 0.1) is 0 Å². The standard InChI is InChI=1S/C21H28ClN5O2/c1-3-27-12-10-18(24-27)21(29)26-14-13-25(2)19(15-26)20(28)23-11-4-5-16-6-8-17(22)9-7-16/h6-10,12,19H,3-5,11,13-15H2,1-2H3,(H,23,28). The minimum atomic E-state index is -0.350. The Morgan fingerprint density at radius 2 is 1.97 bits per heavy atom. The first kappa shape index (κ1) is 21.3. The molecule has 1 aliphatic rings. The first-order valence-corrected chi connectivity index (χ1v) is 10.4. The minimum Gasteiger partial charge on any atom is -0.355 e. The van der Waals surface area contributed by atoms with E-state index < -0.39 is 0 Å². The molecule has 3 rings (SSSR count). The summed E-state index contributed by atoms with van der Waals surface area (Å²) < 4.78 is 1.73. The summed E-state index contributed by atoms with van der Waals surface area (Å²) in [6, 6.07) is 9.14. The van der Waals surface area contributed by atoms with E-state index in [1.54, 1.807) is 21.8 Å². The van der Waals surface area contributed by atoms with Crippen molar-refractivity contribution in [2.24, 2.45) is 0 Å². The molecule has 0 bridgehead atoms. The van der Waals surface area contributed by atoms with Gasteiger partial charge in [-0.3, -0.25) is 19.2 Å². The van der Waals surface area contributed by atoms with E-state index in [1.807, 2.05) is 43.1 Å².